The number of rotatable bonds is 3. The van der Waals surface area contributed by atoms with Crippen LogP contribution in [0.15, 0.2) is 0 Å². The van der Waals surface area contributed by atoms with Crippen LogP contribution in [0.25, 0.3) is 0 Å². The van der Waals surface area contributed by atoms with Crippen molar-refractivity contribution in [2.45, 2.75) is 45.6 Å². The number of carbonyl (C=O) groups is 1. The van der Waals surface area contributed by atoms with E-state index in [0.29, 0.717) is 17.2 Å². The number of ketones is 1. The molecule has 2 fully saturated rings. The van der Waals surface area contributed by atoms with Gasteiger partial charge in [-0.05, 0) is 37.5 Å². The number of hydrogen-bond donors (Lipinski definition) is 0. The molecule has 1 aliphatic heterocycles. The van der Waals surface area contributed by atoms with Gasteiger partial charge in [-0.2, -0.15) is 11.8 Å². The Morgan fingerprint density at radius 3 is 2.88 bits per heavy atom. The minimum Gasteiger partial charge on any atom is -0.302 e. The van der Waals surface area contributed by atoms with Gasteiger partial charge in [0, 0.05) is 30.7 Å². The molecule has 1 saturated carbocycles. The predicted octanol–water partition coefficient (Wildman–Crippen LogP) is 2.82. The number of nitrogens with zero attached hydrogens (tertiary/aromatic N) is 1. The van der Waals surface area contributed by atoms with E-state index in [4.69, 9.17) is 0 Å². The average molecular weight is 255 g/mol. The van der Waals surface area contributed by atoms with Crippen LogP contribution >= 0.6 is 11.8 Å². The van der Waals surface area contributed by atoms with Gasteiger partial charge in [0.15, 0.2) is 0 Å². The van der Waals surface area contributed by atoms with Gasteiger partial charge in [-0.15, -0.1) is 0 Å². The normalized spacial score (nSPS) is 33.3. The standard InChI is InChI=1S/C14H25NOS/c1-14(2)6-4-13(16)11(8-14)9-15(3)12-5-7-17-10-12/h11-12H,4-10H2,1-3H3. The summed E-state index contributed by atoms with van der Waals surface area (Å²) in [6, 6.07) is 0.706. The Labute approximate surface area is 110 Å². The monoisotopic (exact) mass is 255 g/mol. The van der Waals surface area contributed by atoms with Crippen LogP contribution < -0.4 is 0 Å². The Hall–Kier alpha value is -0.0200. The van der Waals surface area contributed by atoms with Crippen molar-refractivity contribution in [3.05, 3.63) is 0 Å². The fourth-order valence-corrected chi connectivity index (χ4v) is 4.38. The van der Waals surface area contributed by atoms with Crippen LogP contribution in [-0.2, 0) is 4.79 Å². The predicted molar refractivity (Wildman–Crippen MR) is 74.5 cm³/mol. The van der Waals surface area contributed by atoms with E-state index < -0.39 is 0 Å². The summed E-state index contributed by atoms with van der Waals surface area (Å²) in [6.07, 6.45) is 4.25. The molecule has 3 heteroatoms. The van der Waals surface area contributed by atoms with E-state index in [9.17, 15) is 4.79 Å². The van der Waals surface area contributed by atoms with Crippen molar-refractivity contribution in [3.8, 4) is 0 Å². The molecule has 0 amide bonds. The average Bonchev–Trinajstić information content (AvgIpc) is 2.76. The fraction of sp³-hybridized carbons (Fsp3) is 0.929. The molecule has 2 nitrogen and oxygen atoms in total. The molecule has 0 bridgehead atoms. The van der Waals surface area contributed by atoms with E-state index in [-0.39, 0.29) is 5.92 Å². The summed E-state index contributed by atoms with van der Waals surface area (Å²) in [5.74, 6) is 3.33. The first-order valence-electron chi connectivity index (χ1n) is 6.79. The van der Waals surface area contributed by atoms with Gasteiger partial charge in [-0.1, -0.05) is 13.8 Å². The summed E-state index contributed by atoms with van der Waals surface area (Å²) in [5.41, 5.74) is 0.365. The lowest BCUT2D eigenvalue weighted by atomic mass is 9.71. The van der Waals surface area contributed by atoms with Crippen LogP contribution in [0.3, 0.4) is 0 Å². The van der Waals surface area contributed by atoms with Crippen LogP contribution in [0, 0.1) is 11.3 Å². The summed E-state index contributed by atoms with van der Waals surface area (Å²) >= 11 is 2.05. The smallest absolute Gasteiger partial charge is 0.137 e. The van der Waals surface area contributed by atoms with E-state index in [1.165, 1.54) is 17.9 Å². The van der Waals surface area contributed by atoms with Crippen LogP contribution in [0.2, 0.25) is 0 Å². The lowest BCUT2D eigenvalue weighted by Crippen LogP contribution is -2.41. The lowest BCUT2D eigenvalue weighted by Gasteiger charge is -2.37. The Bertz CT molecular complexity index is 284. The first-order valence-corrected chi connectivity index (χ1v) is 7.94. The highest BCUT2D eigenvalue weighted by Gasteiger charge is 2.35. The van der Waals surface area contributed by atoms with Crippen molar-refractivity contribution in [2.24, 2.45) is 11.3 Å². The highest BCUT2D eigenvalue weighted by atomic mass is 32.2. The maximum Gasteiger partial charge on any atom is 0.137 e. The quantitative estimate of drug-likeness (QED) is 0.773. The van der Waals surface area contributed by atoms with Crippen molar-refractivity contribution in [2.75, 3.05) is 25.1 Å². The highest BCUT2D eigenvalue weighted by Crippen LogP contribution is 2.37. The van der Waals surface area contributed by atoms with Crippen molar-refractivity contribution >= 4 is 17.5 Å². The van der Waals surface area contributed by atoms with Crippen LogP contribution in [0.5, 0.6) is 0 Å². The SMILES string of the molecule is CN(CC1CC(C)(C)CCC1=O)C1CCSC1. The van der Waals surface area contributed by atoms with Crippen LogP contribution in [0.4, 0.5) is 0 Å². The Kier molecular flexibility index (Phi) is 4.19. The second-order valence-corrected chi connectivity index (χ2v) is 7.64. The molecule has 0 aromatic heterocycles. The molecule has 0 N–H and O–H groups in total. The summed E-state index contributed by atoms with van der Waals surface area (Å²) in [4.78, 5) is 14.4. The zero-order chi connectivity index (χ0) is 12.5. The van der Waals surface area contributed by atoms with Gasteiger partial charge in [-0.25, -0.2) is 0 Å². The molecule has 1 saturated heterocycles. The molecule has 2 rings (SSSR count). The maximum atomic E-state index is 12.0. The second-order valence-electron chi connectivity index (χ2n) is 6.49. The van der Waals surface area contributed by atoms with Gasteiger partial charge >= 0.3 is 0 Å². The van der Waals surface area contributed by atoms with E-state index in [1.807, 2.05) is 11.8 Å². The Balaban J connectivity index is 1.89. The Morgan fingerprint density at radius 2 is 2.24 bits per heavy atom. The number of carbonyl (C=O) groups excluding carboxylic acids is 1. The molecule has 0 radical (unpaired) electrons. The lowest BCUT2D eigenvalue weighted by molar-refractivity contribution is -0.127. The highest BCUT2D eigenvalue weighted by molar-refractivity contribution is 7.99. The third kappa shape index (κ3) is 3.47. The largest absolute Gasteiger partial charge is 0.302 e. The molecule has 1 heterocycles. The summed E-state index contributed by atoms with van der Waals surface area (Å²) in [5, 5.41) is 0. The molecular weight excluding hydrogens is 230 g/mol. The first-order chi connectivity index (χ1) is 7.98. The van der Waals surface area contributed by atoms with Crippen molar-refractivity contribution in [1.29, 1.82) is 0 Å². The molecule has 0 spiro atoms. The summed E-state index contributed by atoms with van der Waals surface area (Å²) in [7, 11) is 2.20. The summed E-state index contributed by atoms with van der Waals surface area (Å²) < 4.78 is 0. The zero-order valence-corrected chi connectivity index (χ0v) is 12.2. The third-order valence-electron chi connectivity index (χ3n) is 4.34. The van der Waals surface area contributed by atoms with Crippen molar-refractivity contribution in [1.82, 2.24) is 4.90 Å². The van der Waals surface area contributed by atoms with Gasteiger partial charge in [-0.3, -0.25) is 4.79 Å². The van der Waals surface area contributed by atoms with E-state index >= 15 is 0 Å². The van der Waals surface area contributed by atoms with E-state index in [0.717, 1.165) is 25.8 Å². The van der Waals surface area contributed by atoms with E-state index in [1.54, 1.807) is 0 Å². The molecule has 17 heavy (non-hydrogen) atoms. The molecule has 1 aliphatic carbocycles. The molecule has 0 aromatic rings. The van der Waals surface area contributed by atoms with Crippen LogP contribution in [-0.4, -0.2) is 41.8 Å². The minimum atomic E-state index is 0.286. The number of hydrogen-bond acceptors (Lipinski definition) is 3. The molecule has 98 valence electrons. The topological polar surface area (TPSA) is 20.3 Å². The summed E-state index contributed by atoms with van der Waals surface area (Å²) in [6.45, 7) is 5.59. The first kappa shape index (κ1) is 13.4. The molecule has 2 atom stereocenters. The van der Waals surface area contributed by atoms with Crippen LogP contribution in [0.1, 0.15) is 39.5 Å². The molecule has 2 aliphatic rings. The van der Waals surface area contributed by atoms with Crippen molar-refractivity contribution in [3.63, 3.8) is 0 Å². The van der Waals surface area contributed by atoms with Crippen molar-refractivity contribution < 1.29 is 4.79 Å². The maximum absolute atomic E-state index is 12.0. The Morgan fingerprint density at radius 1 is 1.47 bits per heavy atom. The minimum absolute atomic E-state index is 0.286. The molecular formula is C14H25NOS. The number of Topliss-reactive ketones (excluding diaryl/α,β-unsaturated/α-hetero) is 1. The van der Waals surface area contributed by atoms with Gasteiger partial charge < -0.3 is 4.90 Å². The second kappa shape index (κ2) is 5.31. The molecule has 2 unspecified atom stereocenters. The van der Waals surface area contributed by atoms with Gasteiger partial charge in [0.05, 0.1) is 0 Å². The fourth-order valence-electron chi connectivity index (χ4n) is 3.08. The third-order valence-corrected chi connectivity index (χ3v) is 5.48. The zero-order valence-electron chi connectivity index (χ0n) is 11.4. The van der Waals surface area contributed by atoms with Gasteiger partial charge in [0.2, 0.25) is 0 Å². The number of thioether (sulfide) groups is 1. The van der Waals surface area contributed by atoms with E-state index in [2.05, 4.69) is 25.8 Å². The van der Waals surface area contributed by atoms with Gasteiger partial charge in [0.1, 0.15) is 5.78 Å². The molecule has 0 aromatic carbocycles. The van der Waals surface area contributed by atoms with Gasteiger partial charge in [0.25, 0.3) is 0 Å².